The molecular weight excluding hydrogens is 274 g/mol. The van der Waals surface area contributed by atoms with E-state index in [2.05, 4.69) is 10.3 Å². The zero-order valence-electron chi connectivity index (χ0n) is 11.4. The quantitative estimate of drug-likeness (QED) is 0.889. The van der Waals surface area contributed by atoms with Gasteiger partial charge in [0.2, 0.25) is 5.91 Å². The van der Waals surface area contributed by atoms with Crippen molar-refractivity contribution in [3.63, 3.8) is 0 Å². The Bertz CT molecular complexity index is 615. The van der Waals surface area contributed by atoms with Gasteiger partial charge in [-0.15, -0.1) is 0 Å². The molecule has 0 aliphatic rings. The minimum Gasteiger partial charge on any atom is -0.330 e. The highest BCUT2D eigenvalue weighted by molar-refractivity contribution is 6.32. The van der Waals surface area contributed by atoms with Crippen LogP contribution in [0.25, 0.3) is 10.9 Å². The number of fused-ring (bicyclic) bond motifs is 1. The maximum Gasteiger partial charge on any atom is 0.228 e. The highest BCUT2D eigenvalue weighted by Gasteiger charge is 2.17. The van der Waals surface area contributed by atoms with Gasteiger partial charge in [-0.25, -0.2) is 0 Å². The Hall–Kier alpha value is -1.65. The Kier molecular flexibility index (Phi) is 4.93. The minimum absolute atomic E-state index is 0.0800. The van der Waals surface area contributed by atoms with E-state index in [4.69, 9.17) is 17.3 Å². The van der Waals surface area contributed by atoms with Gasteiger partial charge < -0.3 is 11.1 Å². The average molecular weight is 292 g/mol. The Balaban J connectivity index is 2.31. The third-order valence-corrected chi connectivity index (χ3v) is 3.44. The molecule has 1 amide bonds. The lowest BCUT2D eigenvalue weighted by Crippen LogP contribution is -2.29. The van der Waals surface area contributed by atoms with E-state index in [0.29, 0.717) is 17.3 Å². The van der Waals surface area contributed by atoms with Gasteiger partial charge in [0.25, 0.3) is 0 Å². The summed E-state index contributed by atoms with van der Waals surface area (Å²) in [6.45, 7) is 2.37. The van der Waals surface area contributed by atoms with Crippen molar-refractivity contribution < 1.29 is 4.79 Å². The van der Waals surface area contributed by atoms with Crippen LogP contribution in [0.1, 0.15) is 19.8 Å². The lowest BCUT2D eigenvalue weighted by Gasteiger charge is -2.15. The molecule has 1 atom stereocenters. The van der Waals surface area contributed by atoms with Crippen LogP contribution in [0.15, 0.2) is 30.5 Å². The summed E-state index contributed by atoms with van der Waals surface area (Å²) >= 11 is 6.08. The monoisotopic (exact) mass is 291 g/mol. The first-order valence-corrected chi connectivity index (χ1v) is 7.08. The van der Waals surface area contributed by atoms with Crippen molar-refractivity contribution in [3.05, 3.63) is 35.5 Å². The highest BCUT2D eigenvalue weighted by Crippen LogP contribution is 2.26. The Morgan fingerprint density at radius 2 is 2.30 bits per heavy atom. The number of aromatic nitrogens is 1. The molecule has 0 saturated heterocycles. The summed E-state index contributed by atoms with van der Waals surface area (Å²) < 4.78 is 0. The van der Waals surface area contributed by atoms with Crippen LogP contribution in [0, 0.1) is 5.92 Å². The van der Waals surface area contributed by atoms with Crippen LogP contribution in [-0.4, -0.2) is 17.4 Å². The van der Waals surface area contributed by atoms with Gasteiger partial charge in [-0.1, -0.05) is 31.0 Å². The van der Waals surface area contributed by atoms with Gasteiger partial charge in [-0.05, 0) is 24.6 Å². The molecule has 4 nitrogen and oxygen atoms in total. The topological polar surface area (TPSA) is 68.0 Å². The number of hydrogen-bond acceptors (Lipinski definition) is 3. The largest absolute Gasteiger partial charge is 0.330 e. The minimum atomic E-state index is -0.183. The smallest absolute Gasteiger partial charge is 0.228 e. The van der Waals surface area contributed by atoms with Gasteiger partial charge in [0.1, 0.15) is 0 Å². The molecule has 1 aromatic heterocycles. The number of halogens is 1. The van der Waals surface area contributed by atoms with E-state index in [1.54, 1.807) is 12.3 Å². The molecule has 0 spiro atoms. The molecule has 2 rings (SSSR count). The Labute approximate surface area is 123 Å². The number of hydrogen-bond donors (Lipinski definition) is 2. The number of anilines is 1. The Morgan fingerprint density at radius 3 is 3.00 bits per heavy atom. The van der Waals surface area contributed by atoms with E-state index in [0.717, 1.165) is 23.7 Å². The third kappa shape index (κ3) is 3.26. The molecule has 0 aliphatic heterocycles. The first-order valence-electron chi connectivity index (χ1n) is 6.71. The second-order valence-electron chi connectivity index (χ2n) is 4.74. The van der Waals surface area contributed by atoms with E-state index in [9.17, 15) is 4.79 Å². The number of pyridine rings is 1. The summed E-state index contributed by atoms with van der Waals surface area (Å²) in [7, 11) is 0. The summed E-state index contributed by atoms with van der Waals surface area (Å²) in [5, 5.41) is 4.36. The molecule has 0 bridgehead atoms. The van der Waals surface area contributed by atoms with E-state index in [1.165, 1.54) is 0 Å². The molecule has 1 heterocycles. The van der Waals surface area contributed by atoms with Gasteiger partial charge in [0.05, 0.1) is 17.1 Å². The van der Waals surface area contributed by atoms with Crippen LogP contribution in [0.4, 0.5) is 5.69 Å². The molecule has 2 aromatic rings. The van der Waals surface area contributed by atoms with E-state index in [-0.39, 0.29) is 11.8 Å². The number of benzene rings is 1. The van der Waals surface area contributed by atoms with Crippen molar-refractivity contribution in [1.29, 1.82) is 0 Å². The standard InChI is InChI=1S/C15H18ClN3O/c1-2-4-11(9-17)15(20)19-13-8-12(16)7-10-5-3-6-18-14(10)13/h3,5-8,11H,2,4,9,17H2,1H3,(H,19,20). The maximum atomic E-state index is 12.2. The summed E-state index contributed by atoms with van der Waals surface area (Å²) in [5.41, 5.74) is 7.02. The number of rotatable bonds is 5. The molecule has 3 N–H and O–H groups in total. The normalized spacial score (nSPS) is 12.3. The van der Waals surface area contributed by atoms with Crippen LogP contribution in [0.5, 0.6) is 0 Å². The second kappa shape index (κ2) is 6.68. The van der Waals surface area contributed by atoms with Crippen LogP contribution in [-0.2, 0) is 4.79 Å². The van der Waals surface area contributed by atoms with Crippen molar-refractivity contribution in [2.45, 2.75) is 19.8 Å². The molecule has 5 heteroatoms. The molecule has 0 fully saturated rings. The van der Waals surface area contributed by atoms with Crippen molar-refractivity contribution in [3.8, 4) is 0 Å². The number of carbonyl (C=O) groups is 1. The predicted octanol–water partition coefficient (Wildman–Crippen LogP) is 3.20. The number of nitrogens with one attached hydrogen (secondary N) is 1. The number of nitrogens with two attached hydrogens (primary N) is 1. The summed E-state index contributed by atoms with van der Waals surface area (Å²) in [6, 6.07) is 7.29. The third-order valence-electron chi connectivity index (χ3n) is 3.22. The van der Waals surface area contributed by atoms with Crippen molar-refractivity contribution in [2.75, 3.05) is 11.9 Å². The van der Waals surface area contributed by atoms with Gasteiger partial charge in [-0.3, -0.25) is 9.78 Å². The first kappa shape index (κ1) is 14.8. The van der Waals surface area contributed by atoms with Crippen LogP contribution in [0.2, 0.25) is 5.02 Å². The molecule has 0 saturated carbocycles. The van der Waals surface area contributed by atoms with E-state index >= 15 is 0 Å². The zero-order valence-corrected chi connectivity index (χ0v) is 12.2. The lowest BCUT2D eigenvalue weighted by atomic mass is 10.0. The fourth-order valence-electron chi connectivity index (χ4n) is 2.19. The maximum absolute atomic E-state index is 12.2. The average Bonchev–Trinajstić information content (AvgIpc) is 2.44. The van der Waals surface area contributed by atoms with E-state index < -0.39 is 0 Å². The first-order chi connectivity index (χ1) is 9.65. The van der Waals surface area contributed by atoms with Gasteiger partial charge in [-0.2, -0.15) is 0 Å². The zero-order chi connectivity index (χ0) is 14.5. The van der Waals surface area contributed by atoms with Crippen LogP contribution < -0.4 is 11.1 Å². The fraction of sp³-hybridized carbons (Fsp3) is 0.333. The summed E-state index contributed by atoms with van der Waals surface area (Å²) in [5.74, 6) is -0.263. The van der Waals surface area contributed by atoms with Gasteiger partial charge >= 0.3 is 0 Å². The molecule has 0 radical (unpaired) electrons. The number of nitrogens with zero attached hydrogens (tertiary/aromatic N) is 1. The highest BCUT2D eigenvalue weighted by atomic mass is 35.5. The predicted molar refractivity (Wildman–Crippen MR) is 82.8 cm³/mol. The van der Waals surface area contributed by atoms with Crippen LogP contribution in [0.3, 0.4) is 0 Å². The van der Waals surface area contributed by atoms with Crippen molar-refractivity contribution in [1.82, 2.24) is 4.98 Å². The lowest BCUT2D eigenvalue weighted by molar-refractivity contribution is -0.119. The summed E-state index contributed by atoms with van der Waals surface area (Å²) in [6.07, 6.45) is 3.39. The number of carbonyl (C=O) groups excluding carboxylic acids is 1. The molecule has 1 aromatic carbocycles. The molecular formula is C15H18ClN3O. The van der Waals surface area contributed by atoms with Gasteiger partial charge in [0.15, 0.2) is 0 Å². The molecule has 0 aliphatic carbocycles. The number of amides is 1. The Morgan fingerprint density at radius 1 is 1.50 bits per heavy atom. The molecule has 106 valence electrons. The van der Waals surface area contributed by atoms with Crippen LogP contribution >= 0.6 is 11.6 Å². The van der Waals surface area contributed by atoms with Crippen molar-refractivity contribution in [2.24, 2.45) is 11.7 Å². The van der Waals surface area contributed by atoms with E-state index in [1.807, 2.05) is 25.1 Å². The van der Waals surface area contributed by atoms with Crippen molar-refractivity contribution >= 4 is 34.1 Å². The fourth-order valence-corrected chi connectivity index (χ4v) is 2.42. The van der Waals surface area contributed by atoms with Gasteiger partial charge in [0, 0.05) is 23.2 Å². The molecule has 1 unspecified atom stereocenters. The summed E-state index contributed by atoms with van der Waals surface area (Å²) in [4.78, 5) is 16.5. The molecule has 20 heavy (non-hydrogen) atoms. The second-order valence-corrected chi connectivity index (χ2v) is 5.18. The SMILES string of the molecule is CCCC(CN)C(=O)Nc1cc(Cl)cc2cccnc12.